The summed E-state index contributed by atoms with van der Waals surface area (Å²) in [5.74, 6) is 0.0646. The number of rotatable bonds is 5. The van der Waals surface area contributed by atoms with Crippen LogP contribution in [0.5, 0.6) is 5.75 Å². The molecular weight excluding hydrogens is 394 g/mol. The molecule has 0 spiro atoms. The third kappa shape index (κ3) is 3.77. The van der Waals surface area contributed by atoms with E-state index in [1.54, 1.807) is 37.1 Å². The van der Waals surface area contributed by atoms with Crippen LogP contribution in [0.2, 0.25) is 0 Å². The predicted octanol–water partition coefficient (Wildman–Crippen LogP) is 3.49. The van der Waals surface area contributed by atoms with Gasteiger partial charge in [-0.05, 0) is 49.0 Å². The summed E-state index contributed by atoms with van der Waals surface area (Å²) in [6.45, 7) is 1.77. The summed E-state index contributed by atoms with van der Waals surface area (Å²) >= 11 is 5.58. The Bertz CT molecular complexity index is 1000. The monoisotopic (exact) mass is 413 g/mol. The van der Waals surface area contributed by atoms with E-state index in [1.165, 1.54) is 19.2 Å². The van der Waals surface area contributed by atoms with E-state index in [1.807, 2.05) is 18.2 Å². The number of ether oxygens (including phenoxy) is 2. The Morgan fingerprint density at radius 3 is 2.41 bits per heavy atom. The van der Waals surface area contributed by atoms with Crippen molar-refractivity contribution in [2.45, 2.75) is 13.0 Å². The maximum Gasteiger partial charge on any atom is 0.337 e. The molecule has 0 saturated heterocycles. The molecule has 0 saturated carbocycles. The van der Waals surface area contributed by atoms with Crippen molar-refractivity contribution in [2.75, 3.05) is 19.1 Å². The fraction of sp³-hybridized carbons (Fsp3) is 0.200. The highest BCUT2D eigenvalue weighted by atomic mass is 32.1. The highest BCUT2D eigenvalue weighted by Gasteiger charge is 2.36. The molecule has 8 nitrogen and oxygen atoms in total. The quantitative estimate of drug-likeness (QED) is 0.345. The van der Waals surface area contributed by atoms with Gasteiger partial charge in [-0.1, -0.05) is 12.1 Å². The molecule has 2 aromatic carbocycles. The number of esters is 1. The largest absolute Gasteiger partial charge is 0.495 e. The molecule has 0 aromatic heterocycles. The van der Waals surface area contributed by atoms with Crippen molar-refractivity contribution in [1.29, 1.82) is 0 Å². The molecule has 0 bridgehead atoms. The summed E-state index contributed by atoms with van der Waals surface area (Å²) in [7, 11) is 2.86. The van der Waals surface area contributed by atoms with Crippen molar-refractivity contribution in [3.8, 4) is 5.75 Å². The number of nitro groups is 1. The lowest BCUT2D eigenvalue weighted by molar-refractivity contribution is -0.384. The highest BCUT2D eigenvalue weighted by molar-refractivity contribution is 7.80. The number of carbonyl (C=O) groups excluding carboxylic acids is 1. The van der Waals surface area contributed by atoms with Crippen LogP contribution >= 0.6 is 12.2 Å². The zero-order valence-corrected chi connectivity index (χ0v) is 16.9. The standard InChI is InChI=1S/C20H19N3O5S/c1-12-17(19(24)28-3)18(13-8-10-14(11-9-13)23(25)26)21-20(29)22(12)15-6-4-5-7-16(15)27-2/h4-11,18H,1-3H3,(H,21,29)/t18-/m0/s1. The number of carbonyl (C=O) groups is 1. The van der Waals surface area contributed by atoms with Gasteiger partial charge < -0.3 is 14.8 Å². The lowest BCUT2D eigenvalue weighted by Gasteiger charge is -2.37. The Morgan fingerprint density at radius 2 is 1.83 bits per heavy atom. The highest BCUT2D eigenvalue weighted by Crippen LogP contribution is 2.38. The molecule has 0 fully saturated rings. The summed E-state index contributed by atoms with van der Waals surface area (Å²) in [5, 5.41) is 14.5. The Kier molecular flexibility index (Phi) is 5.79. The first-order valence-electron chi connectivity index (χ1n) is 8.66. The molecule has 0 amide bonds. The number of nitrogens with zero attached hydrogens (tertiary/aromatic N) is 2. The van der Waals surface area contributed by atoms with Gasteiger partial charge in [-0.25, -0.2) is 4.79 Å². The molecule has 3 rings (SSSR count). The van der Waals surface area contributed by atoms with Crippen LogP contribution in [0, 0.1) is 10.1 Å². The fourth-order valence-electron chi connectivity index (χ4n) is 3.26. The molecular formula is C20H19N3O5S. The van der Waals surface area contributed by atoms with Gasteiger partial charge in [0.1, 0.15) is 5.75 Å². The van der Waals surface area contributed by atoms with E-state index in [0.717, 1.165) is 0 Å². The van der Waals surface area contributed by atoms with E-state index in [2.05, 4.69) is 5.32 Å². The van der Waals surface area contributed by atoms with Crippen LogP contribution in [-0.2, 0) is 9.53 Å². The molecule has 1 atom stereocenters. The van der Waals surface area contributed by atoms with E-state index >= 15 is 0 Å². The van der Waals surface area contributed by atoms with Gasteiger partial charge in [-0.3, -0.25) is 15.0 Å². The number of para-hydroxylation sites is 2. The van der Waals surface area contributed by atoms with Gasteiger partial charge in [0.25, 0.3) is 5.69 Å². The van der Waals surface area contributed by atoms with E-state index < -0.39 is 16.9 Å². The molecule has 1 heterocycles. The zero-order chi connectivity index (χ0) is 21.1. The Hall–Kier alpha value is -3.46. The van der Waals surface area contributed by atoms with Crippen molar-refractivity contribution in [1.82, 2.24) is 5.32 Å². The normalized spacial score (nSPS) is 16.3. The molecule has 150 valence electrons. The number of hydrogen-bond acceptors (Lipinski definition) is 6. The van der Waals surface area contributed by atoms with Crippen LogP contribution in [0.4, 0.5) is 11.4 Å². The van der Waals surface area contributed by atoms with Crippen LogP contribution < -0.4 is 15.0 Å². The number of allylic oxidation sites excluding steroid dienone is 1. The van der Waals surface area contributed by atoms with Crippen LogP contribution in [0.3, 0.4) is 0 Å². The second-order valence-corrected chi connectivity index (χ2v) is 6.62. The van der Waals surface area contributed by atoms with Gasteiger partial charge in [0.15, 0.2) is 5.11 Å². The molecule has 1 N–H and O–H groups in total. The van der Waals surface area contributed by atoms with Crippen molar-refractivity contribution < 1.29 is 19.2 Å². The molecule has 2 aromatic rings. The van der Waals surface area contributed by atoms with Crippen molar-refractivity contribution >= 4 is 34.7 Å². The van der Waals surface area contributed by atoms with Crippen LogP contribution in [0.15, 0.2) is 59.8 Å². The van der Waals surface area contributed by atoms with Crippen LogP contribution in [0.1, 0.15) is 18.5 Å². The summed E-state index contributed by atoms with van der Waals surface area (Å²) in [6, 6.07) is 12.6. The van der Waals surface area contributed by atoms with E-state index in [0.29, 0.717) is 33.4 Å². The van der Waals surface area contributed by atoms with Crippen molar-refractivity contribution in [3.63, 3.8) is 0 Å². The first-order chi connectivity index (χ1) is 13.9. The van der Waals surface area contributed by atoms with E-state index in [9.17, 15) is 14.9 Å². The van der Waals surface area contributed by atoms with Crippen molar-refractivity contribution in [3.05, 3.63) is 75.5 Å². The topological polar surface area (TPSA) is 93.9 Å². The lowest BCUT2D eigenvalue weighted by atomic mass is 9.94. The molecule has 0 aliphatic carbocycles. The van der Waals surface area contributed by atoms with Gasteiger partial charge in [0.2, 0.25) is 0 Å². The summed E-state index contributed by atoms with van der Waals surface area (Å²) in [5.41, 5.74) is 2.21. The number of nitrogens with one attached hydrogen (secondary N) is 1. The minimum absolute atomic E-state index is 0.0388. The molecule has 0 radical (unpaired) electrons. The van der Waals surface area contributed by atoms with Gasteiger partial charge in [-0.2, -0.15) is 0 Å². The van der Waals surface area contributed by atoms with Crippen molar-refractivity contribution in [2.24, 2.45) is 0 Å². The van der Waals surface area contributed by atoms with Crippen LogP contribution in [0.25, 0.3) is 0 Å². The number of anilines is 1. The molecule has 0 unspecified atom stereocenters. The Morgan fingerprint density at radius 1 is 1.17 bits per heavy atom. The average molecular weight is 413 g/mol. The summed E-state index contributed by atoms with van der Waals surface area (Å²) in [4.78, 5) is 24.8. The fourth-order valence-corrected chi connectivity index (χ4v) is 3.61. The van der Waals surface area contributed by atoms with Gasteiger partial charge in [0.05, 0.1) is 36.4 Å². The van der Waals surface area contributed by atoms with Gasteiger partial charge in [0, 0.05) is 17.8 Å². The van der Waals surface area contributed by atoms with E-state index in [-0.39, 0.29) is 5.69 Å². The smallest absolute Gasteiger partial charge is 0.337 e. The predicted molar refractivity (Wildman–Crippen MR) is 112 cm³/mol. The number of methoxy groups -OCH3 is 2. The second-order valence-electron chi connectivity index (χ2n) is 6.23. The number of benzene rings is 2. The van der Waals surface area contributed by atoms with Gasteiger partial charge >= 0.3 is 5.97 Å². The SMILES string of the molecule is COC(=O)C1=C(C)N(c2ccccc2OC)C(=S)N[C@H]1c1ccc([N+](=O)[O-])cc1. The van der Waals surface area contributed by atoms with Crippen LogP contribution in [-0.4, -0.2) is 30.2 Å². The van der Waals surface area contributed by atoms with E-state index in [4.69, 9.17) is 21.7 Å². The molecule has 29 heavy (non-hydrogen) atoms. The number of hydrogen-bond donors (Lipinski definition) is 1. The first-order valence-corrected chi connectivity index (χ1v) is 9.07. The Balaban J connectivity index is 2.13. The third-order valence-corrected chi connectivity index (χ3v) is 4.95. The molecule has 1 aliphatic heterocycles. The minimum Gasteiger partial charge on any atom is -0.495 e. The lowest BCUT2D eigenvalue weighted by Crippen LogP contribution is -2.48. The Labute approximate surface area is 172 Å². The number of thiocarbonyl (C=S) groups is 1. The van der Waals surface area contributed by atoms with Gasteiger partial charge in [-0.15, -0.1) is 0 Å². The average Bonchev–Trinajstić information content (AvgIpc) is 2.73. The minimum atomic E-state index is -0.610. The molecule has 9 heteroatoms. The third-order valence-electron chi connectivity index (χ3n) is 4.65. The second kappa shape index (κ2) is 8.27. The first kappa shape index (κ1) is 20.3. The summed E-state index contributed by atoms with van der Waals surface area (Å²) in [6.07, 6.45) is 0. The maximum absolute atomic E-state index is 12.6. The summed E-state index contributed by atoms with van der Waals surface area (Å²) < 4.78 is 10.4. The number of non-ortho nitro benzene ring substituents is 1. The molecule has 1 aliphatic rings. The zero-order valence-electron chi connectivity index (χ0n) is 16.0. The number of nitro benzene ring substituents is 1. The maximum atomic E-state index is 12.6.